The van der Waals surface area contributed by atoms with Crippen LogP contribution >= 0.6 is 0 Å². The molecular formula is C15H23N3O. The molecule has 2 N–H and O–H groups in total. The van der Waals surface area contributed by atoms with Gasteiger partial charge in [-0.05, 0) is 38.8 Å². The maximum absolute atomic E-state index is 12.3. The first kappa shape index (κ1) is 13.8. The quantitative estimate of drug-likeness (QED) is 0.876. The van der Waals surface area contributed by atoms with E-state index in [1.165, 1.54) is 19.3 Å². The zero-order chi connectivity index (χ0) is 13.7. The van der Waals surface area contributed by atoms with Crippen LogP contribution < -0.4 is 10.6 Å². The molecule has 1 aromatic heterocycles. The molecule has 1 fully saturated rings. The summed E-state index contributed by atoms with van der Waals surface area (Å²) >= 11 is 0. The lowest BCUT2D eigenvalue weighted by Crippen LogP contribution is -2.47. The Morgan fingerprint density at radius 3 is 2.74 bits per heavy atom. The topological polar surface area (TPSA) is 54.0 Å². The highest BCUT2D eigenvalue weighted by Gasteiger charge is 2.28. The van der Waals surface area contributed by atoms with Gasteiger partial charge in [0.15, 0.2) is 0 Å². The Morgan fingerprint density at radius 2 is 2.05 bits per heavy atom. The molecule has 1 saturated carbocycles. The summed E-state index contributed by atoms with van der Waals surface area (Å²) in [6.07, 6.45) is 5.79. The monoisotopic (exact) mass is 261 g/mol. The number of nitrogens with zero attached hydrogens (tertiary/aromatic N) is 1. The number of aromatic nitrogens is 1. The summed E-state index contributed by atoms with van der Waals surface area (Å²) in [5.74, 6) is 0.688. The Labute approximate surface area is 115 Å². The van der Waals surface area contributed by atoms with Crippen LogP contribution in [0.4, 0.5) is 5.82 Å². The lowest BCUT2D eigenvalue weighted by atomic mass is 9.83. The first-order valence-corrected chi connectivity index (χ1v) is 7.16. The van der Waals surface area contributed by atoms with Gasteiger partial charge in [0.05, 0.1) is 0 Å². The van der Waals surface area contributed by atoms with E-state index in [9.17, 15) is 4.79 Å². The Hall–Kier alpha value is -1.58. The van der Waals surface area contributed by atoms with E-state index in [-0.39, 0.29) is 11.4 Å². The van der Waals surface area contributed by atoms with Crippen molar-refractivity contribution in [3.63, 3.8) is 0 Å². The smallest absolute Gasteiger partial charge is 0.270 e. The molecule has 0 saturated heterocycles. The summed E-state index contributed by atoms with van der Waals surface area (Å²) in [5, 5.41) is 6.28. The van der Waals surface area contributed by atoms with Gasteiger partial charge in [-0.1, -0.05) is 25.3 Å². The largest absolute Gasteiger partial charge is 0.370 e. The number of carbonyl (C=O) groups excluding carboxylic acids is 1. The molecule has 0 aromatic carbocycles. The van der Waals surface area contributed by atoms with Crippen LogP contribution in [0.2, 0.25) is 0 Å². The van der Waals surface area contributed by atoms with Gasteiger partial charge < -0.3 is 10.6 Å². The molecule has 0 bridgehead atoms. The second kappa shape index (κ2) is 6.04. The summed E-state index contributed by atoms with van der Waals surface area (Å²) < 4.78 is 0. The zero-order valence-electron chi connectivity index (χ0n) is 11.8. The van der Waals surface area contributed by atoms with E-state index >= 15 is 0 Å². The van der Waals surface area contributed by atoms with E-state index in [4.69, 9.17) is 0 Å². The number of nitrogens with one attached hydrogen (secondary N) is 2. The fourth-order valence-corrected chi connectivity index (χ4v) is 2.64. The van der Waals surface area contributed by atoms with Crippen LogP contribution in [-0.4, -0.2) is 23.0 Å². The van der Waals surface area contributed by atoms with Crippen LogP contribution in [-0.2, 0) is 0 Å². The van der Waals surface area contributed by atoms with Gasteiger partial charge in [-0.2, -0.15) is 0 Å². The van der Waals surface area contributed by atoms with Crippen molar-refractivity contribution in [1.82, 2.24) is 10.3 Å². The van der Waals surface area contributed by atoms with Crippen molar-refractivity contribution in [2.24, 2.45) is 0 Å². The molecule has 1 aliphatic carbocycles. The van der Waals surface area contributed by atoms with Crippen molar-refractivity contribution < 1.29 is 4.79 Å². The fraction of sp³-hybridized carbons (Fsp3) is 0.600. The minimum Gasteiger partial charge on any atom is -0.370 e. The molecule has 0 radical (unpaired) electrons. The van der Waals surface area contributed by atoms with Crippen molar-refractivity contribution in [3.8, 4) is 0 Å². The van der Waals surface area contributed by atoms with E-state index in [1.54, 1.807) is 6.07 Å². The summed E-state index contributed by atoms with van der Waals surface area (Å²) in [6, 6.07) is 5.51. The minimum absolute atomic E-state index is 0.0643. The first-order chi connectivity index (χ1) is 9.13. The zero-order valence-corrected chi connectivity index (χ0v) is 11.8. The Morgan fingerprint density at radius 1 is 1.32 bits per heavy atom. The van der Waals surface area contributed by atoms with Crippen LogP contribution in [0.1, 0.15) is 56.4 Å². The molecule has 4 heteroatoms. The summed E-state index contributed by atoms with van der Waals surface area (Å²) in [7, 11) is 0. The number of anilines is 1. The summed E-state index contributed by atoms with van der Waals surface area (Å²) in [5.41, 5.74) is 0.427. The van der Waals surface area contributed by atoms with Crippen LogP contribution in [0.15, 0.2) is 18.2 Å². The van der Waals surface area contributed by atoms with Crippen molar-refractivity contribution in [1.29, 1.82) is 0 Å². The van der Waals surface area contributed by atoms with Crippen molar-refractivity contribution in [3.05, 3.63) is 23.9 Å². The summed E-state index contributed by atoms with van der Waals surface area (Å²) in [4.78, 5) is 16.6. The third-order valence-electron chi connectivity index (χ3n) is 3.71. The van der Waals surface area contributed by atoms with Gasteiger partial charge in [0.1, 0.15) is 11.5 Å². The third-order valence-corrected chi connectivity index (χ3v) is 3.71. The first-order valence-electron chi connectivity index (χ1n) is 7.16. The highest BCUT2D eigenvalue weighted by molar-refractivity contribution is 5.93. The van der Waals surface area contributed by atoms with Crippen LogP contribution in [0.5, 0.6) is 0 Å². The maximum Gasteiger partial charge on any atom is 0.270 e. The molecule has 0 spiro atoms. The fourth-order valence-electron chi connectivity index (χ4n) is 2.64. The lowest BCUT2D eigenvalue weighted by molar-refractivity contribution is 0.0877. The van der Waals surface area contributed by atoms with E-state index in [0.29, 0.717) is 5.69 Å². The highest BCUT2D eigenvalue weighted by atomic mass is 16.2. The SMILES string of the molecule is CCNc1cccc(C(=O)NC2(C)CCCCC2)n1. The second-order valence-corrected chi connectivity index (χ2v) is 5.51. The molecule has 1 heterocycles. The molecule has 1 amide bonds. The number of rotatable bonds is 4. The average Bonchev–Trinajstić information content (AvgIpc) is 2.40. The summed E-state index contributed by atoms with van der Waals surface area (Å²) in [6.45, 7) is 4.95. The molecular weight excluding hydrogens is 238 g/mol. The minimum atomic E-state index is -0.0656. The Balaban J connectivity index is 2.04. The molecule has 0 aliphatic heterocycles. The van der Waals surface area contributed by atoms with Crippen molar-refractivity contribution in [2.75, 3.05) is 11.9 Å². The molecule has 104 valence electrons. The Bertz CT molecular complexity index is 439. The molecule has 0 atom stereocenters. The van der Waals surface area contributed by atoms with E-state index < -0.39 is 0 Å². The second-order valence-electron chi connectivity index (χ2n) is 5.51. The van der Waals surface area contributed by atoms with Gasteiger partial charge in [0.25, 0.3) is 5.91 Å². The number of hydrogen-bond donors (Lipinski definition) is 2. The normalized spacial score (nSPS) is 17.8. The van der Waals surface area contributed by atoms with Crippen molar-refractivity contribution in [2.45, 2.75) is 51.5 Å². The lowest BCUT2D eigenvalue weighted by Gasteiger charge is -2.34. The van der Waals surface area contributed by atoms with Gasteiger partial charge in [-0.15, -0.1) is 0 Å². The van der Waals surface area contributed by atoms with Crippen LogP contribution in [0.3, 0.4) is 0 Å². The maximum atomic E-state index is 12.3. The molecule has 19 heavy (non-hydrogen) atoms. The molecule has 4 nitrogen and oxygen atoms in total. The molecule has 2 rings (SSSR count). The Kier molecular flexibility index (Phi) is 4.40. The van der Waals surface area contributed by atoms with Gasteiger partial charge in [0, 0.05) is 12.1 Å². The van der Waals surface area contributed by atoms with Gasteiger partial charge in [-0.3, -0.25) is 4.79 Å². The third kappa shape index (κ3) is 3.69. The number of amides is 1. The highest BCUT2D eigenvalue weighted by Crippen LogP contribution is 2.27. The molecule has 1 aliphatic rings. The van der Waals surface area contributed by atoms with Crippen molar-refractivity contribution >= 4 is 11.7 Å². The average molecular weight is 261 g/mol. The predicted molar refractivity (Wildman–Crippen MR) is 77.4 cm³/mol. The van der Waals surface area contributed by atoms with Gasteiger partial charge in [0.2, 0.25) is 0 Å². The van der Waals surface area contributed by atoms with E-state index in [0.717, 1.165) is 25.2 Å². The number of carbonyl (C=O) groups is 1. The predicted octanol–water partition coefficient (Wildman–Crippen LogP) is 2.97. The molecule has 0 unspecified atom stereocenters. The molecule has 1 aromatic rings. The standard InChI is InChI=1S/C15H23N3O/c1-3-16-13-9-7-8-12(17-13)14(19)18-15(2)10-5-4-6-11-15/h7-9H,3-6,10-11H2,1-2H3,(H,16,17)(H,18,19). The number of hydrogen-bond acceptors (Lipinski definition) is 3. The number of pyridine rings is 1. The van der Waals surface area contributed by atoms with Crippen LogP contribution in [0, 0.1) is 0 Å². The van der Waals surface area contributed by atoms with E-state index in [2.05, 4.69) is 22.5 Å². The van der Waals surface area contributed by atoms with E-state index in [1.807, 2.05) is 19.1 Å². The van der Waals surface area contributed by atoms with Gasteiger partial charge in [-0.25, -0.2) is 4.98 Å². The van der Waals surface area contributed by atoms with Gasteiger partial charge >= 0.3 is 0 Å². The van der Waals surface area contributed by atoms with Crippen LogP contribution in [0.25, 0.3) is 0 Å².